The predicted molar refractivity (Wildman–Crippen MR) is 116 cm³/mol. The van der Waals surface area contributed by atoms with Crippen LogP contribution in [-0.4, -0.2) is 52.6 Å². The fraction of sp³-hybridized carbons (Fsp3) is 0.619. The van der Waals surface area contributed by atoms with Gasteiger partial charge in [-0.05, 0) is 50.0 Å². The van der Waals surface area contributed by atoms with Crippen LogP contribution >= 0.6 is 0 Å². The highest BCUT2D eigenvalue weighted by atomic mass is 32.2. The maximum absolute atomic E-state index is 13.1. The topological polar surface area (TPSA) is 121 Å². The number of hydrogen-bond donors (Lipinski definition) is 1. The second-order valence-corrected chi connectivity index (χ2v) is 11.1. The average molecular weight is 443 g/mol. The van der Waals surface area contributed by atoms with Gasteiger partial charge in [-0.1, -0.05) is 6.42 Å². The van der Waals surface area contributed by atoms with Crippen LogP contribution in [0.4, 0.5) is 5.95 Å². The van der Waals surface area contributed by atoms with Crippen molar-refractivity contribution >= 4 is 27.0 Å². The first-order chi connectivity index (χ1) is 14.8. The Morgan fingerprint density at radius 1 is 1.19 bits per heavy atom. The first-order valence-electron chi connectivity index (χ1n) is 10.9. The molecule has 3 fully saturated rings. The van der Waals surface area contributed by atoms with E-state index in [0.29, 0.717) is 54.7 Å². The van der Waals surface area contributed by atoms with Crippen LogP contribution in [0.5, 0.6) is 0 Å². The van der Waals surface area contributed by atoms with E-state index in [1.807, 2.05) is 6.07 Å². The summed E-state index contributed by atoms with van der Waals surface area (Å²) in [6.07, 6.45) is 8.69. The Balaban J connectivity index is 1.46. The molecule has 1 N–H and O–H groups in total. The van der Waals surface area contributed by atoms with Crippen molar-refractivity contribution in [2.24, 2.45) is 11.8 Å². The smallest absolute Gasteiger partial charge is 0.270 e. The number of piperidine rings is 1. The summed E-state index contributed by atoms with van der Waals surface area (Å²) in [6.45, 7) is 0.928. The standard InChI is InChI=1S/C21H26N6O3S/c1-31(29,30)26-6-4-17(5-7-26)24-21-23-12-16-10-15(11-22)20(28)27(19(16)25-21)18-9-13-2-3-14(18)8-13/h10,12-14,17-18H,2-9H2,1H3,(H,23,24,25)/t13-,14+,18-/m0/s1. The number of nitriles is 1. The molecule has 10 heteroatoms. The van der Waals surface area contributed by atoms with Crippen molar-refractivity contribution in [3.05, 3.63) is 28.2 Å². The van der Waals surface area contributed by atoms with Gasteiger partial charge in [0.1, 0.15) is 17.3 Å². The molecule has 2 bridgehead atoms. The van der Waals surface area contributed by atoms with Gasteiger partial charge in [-0.2, -0.15) is 10.2 Å². The Morgan fingerprint density at radius 3 is 2.58 bits per heavy atom. The summed E-state index contributed by atoms with van der Waals surface area (Å²) in [5.41, 5.74) is 0.444. The van der Waals surface area contributed by atoms with Crippen molar-refractivity contribution in [2.45, 2.75) is 50.6 Å². The lowest BCUT2D eigenvalue weighted by Gasteiger charge is -2.30. The van der Waals surface area contributed by atoms with Gasteiger partial charge in [-0.15, -0.1) is 0 Å². The summed E-state index contributed by atoms with van der Waals surface area (Å²) in [6, 6.07) is 3.76. The lowest BCUT2D eigenvalue weighted by molar-refractivity contribution is 0.328. The summed E-state index contributed by atoms with van der Waals surface area (Å²) in [5, 5.41) is 13.5. The second kappa shape index (κ2) is 7.57. The van der Waals surface area contributed by atoms with Gasteiger partial charge in [0.2, 0.25) is 16.0 Å². The van der Waals surface area contributed by atoms with Gasteiger partial charge < -0.3 is 5.32 Å². The van der Waals surface area contributed by atoms with E-state index in [0.717, 1.165) is 19.3 Å². The number of hydrogen-bond acceptors (Lipinski definition) is 7. The molecule has 31 heavy (non-hydrogen) atoms. The maximum atomic E-state index is 13.1. The molecule has 0 amide bonds. The lowest BCUT2D eigenvalue weighted by Crippen LogP contribution is -2.42. The SMILES string of the molecule is CS(=O)(=O)N1CCC(Nc2ncc3cc(C#N)c(=O)n([C@H]4C[C@H]5CC[C@@H]4C5)c3n2)CC1. The summed E-state index contributed by atoms with van der Waals surface area (Å²) in [4.78, 5) is 22.2. The number of fused-ring (bicyclic) bond motifs is 3. The third-order valence-corrected chi connectivity index (χ3v) is 8.49. The first-order valence-corrected chi connectivity index (χ1v) is 12.7. The van der Waals surface area contributed by atoms with E-state index in [9.17, 15) is 18.5 Å². The molecule has 9 nitrogen and oxygen atoms in total. The van der Waals surface area contributed by atoms with Gasteiger partial charge >= 0.3 is 0 Å². The Kier molecular flexibility index (Phi) is 4.98. The molecule has 1 saturated heterocycles. The molecule has 2 aromatic rings. The Morgan fingerprint density at radius 2 is 1.97 bits per heavy atom. The quantitative estimate of drug-likeness (QED) is 0.767. The molecular weight excluding hydrogens is 416 g/mol. The summed E-state index contributed by atoms with van der Waals surface area (Å²) in [7, 11) is -3.17. The average Bonchev–Trinajstić information content (AvgIpc) is 3.37. The monoisotopic (exact) mass is 442 g/mol. The summed E-state index contributed by atoms with van der Waals surface area (Å²) < 4.78 is 26.7. The molecule has 3 atom stereocenters. The van der Waals surface area contributed by atoms with Crippen LogP contribution < -0.4 is 10.9 Å². The molecule has 3 aliphatic rings. The molecular formula is C21H26N6O3S. The number of pyridine rings is 1. The molecule has 164 valence electrons. The fourth-order valence-corrected chi connectivity index (χ4v) is 6.49. The minimum Gasteiger partial charge on any atom is -0.351 e. The van der Waals surface area contributed by atoms with E-state index in [-0.39, 0.29) is 23.2 Å². The van der Waals surface area contributed by atoms with Gasteiger partial charge in [0.05, 0.1) is 6.26 Å². The molecule has 2 aliphatic carbocycles. The number of aromatic nitrogens is 3. The zero-order chi connectivity index (χ0) is 21.8. The predicted octanol–water partition coefficient (Wildman–Crippen LogP) is 1.86. The molecule has 2 saturated carbocycles. The zero-order valence-corrected chi connectivity index (χ0v) is 18.3. The Hall–Kier alpha value is -2.51. The first kappa shape index (κ1) is 20.4. The van der Waals surface area contributed by atoms with Crippen LogP contribution in [0.15, 0.2) is 17.1 Å². The minimum atomic E-state index is -3.17. The Bertz CT molecular complexity index is 1230. The normalized spacial score (nSPS) is 26.9. The van der Waals surface area contributed by atoms with Crippen LogP contribution in [0.25, 0.3) is 11.0 Å². The van der Waals surface area contributed by atoms with Crippen molar-refractivity contribution in [2.75, 3.05) is 24.7 Å². The highest BCUT2D eigenvalue weighted by Gasteiger charge is 2.41. The van der Waals surface area contributed by atoms with Gasteiger partial charge in [0, 0.05) is 36.8 Å². The number of nitrogens with one attached hydrogen (secondary N) is 1. The van der Waals surface area contributed by atoms with E-state index < -0.39 is 10.0 Å². The largest absolute Gasteiger partial charge is 0.351 e. The zero-order valence-electron chi connectivity index (χ0n) is 17.5. The second-order valence-electron chi connectivity index (χ2n) is 9.14. The van der Waals surface area contributed by atoms with Gasteiger partial charge in [-0.3, -0.25) is 9.36 Å². The molecule has 0 spiro atoms. The number of nitrogens with zero attached hydrogens (tertiary/aromatic N) is 5. The highest BCUT2D eigenvalue weighted by molar-refractivity contribution is 7.88. The third kappa shape index (κ3) is 3.70. The molecule has 0 unspecified atom stereocenters. The van der Waals surface area contributed by atoms with Crippen molar-refractivity contribution in [1.82, 2.24) is 18.8 Å². The van der Waals surface area contributed by atoms with Crippen molar-refractivity contribution in [1.29, 1.82) is 5.26 Å². The van der Waals surface area contributed by atoms with Crippen LogP contribution in [0.1, 0.15) is 50.1 Å². The van der Waals surface area contributed by atoms with Gasteiger partial charge in [0.15, 0.2) is 0 Å². The number of rotatable bonds is 4. The molecule has 0 radical (unpaired) electrons. The van der Waals surface area contributed by atoms with Crippen LogP contribution in [0, 0.1) is 23.2 Å². The van der Waals surface area contributed by atoms with E-state index in [4.69, 9.17) is 4.98 Å². The summed E-state index contributed by atoms with van der Waals surface area (Å²) in [5.74, 6) is 1.56. The fourth-order valence-electron chi connectivity index (χ4n) is 5.62. The number of sulfonamides is 1. The van der Waals surface area contributed by atoms with Gasteiger partial charge in [0.25, 0.3) is 5.56 Å². The molecule has 2 aromatic heterocycles. The van der Waals surface area contributed by atoms with E-state index in [1.54, 1.807) is 16.8 Å². The van der Waals surface area contributed by atoms with E-state index in [2.05, 4.69) is 10.3 Å². The molecule has 0 aromatic carbocycles. The highest BCUT2D eigenvalue weighted by Crippen LogP contribution is 2.50. The molecule has 5 rings (SSSR count). The molecule has 3 heterocycles. The third-order valence-electron chi connectivity index (χ3n) is 7.18. The summed E-state index contributed by atoms with van der Waals surface area (Å²) >= 11 is 0. The van der Waals surface area contributed by atoms with Crippen molar-refractivity contribution < 1.29 is 8.42 Å². The van der Waals surface area contributed by atoms with Crippen LogP contribution in [-0.2, 0) is 10.0 Å². The van der Waals surface area contributed by atoms with Gasteiger partial charge in [-0.25, -0.2) is 17.7 Å². The van der Waals surface area contributed by atoms with Crippen LogP contribution in [0.2, 0.25) is 0 Å². The molecule has 1 aliphatic heterocycles. The van der Waals surface area contributed by atoms with E-state index >= 15 is 0 Å². The van der Waals surface area contributed by atoms with E-state index in [1.165, 1.54) is 17.0 Å². The number of anilines is 1. The minimum absolute atomic E-state index is 0.0662. The van der Waals surface area contributed by atoms with Crippen LogP contribution in [0.3, 0.4) is 0 Å². The van der Waals surface area contributed by atoms with Crippen molar-refractivity contribution in [3.8, 4) is 6.07 Å². The van der Waals surface area contributed by atoms with Crippen molar-refractivity contribution in [3.63, 3.8) is 0 Å². The Labute approximate surface area is 181 Å². The lowest BCUT2D eigenvalue weighted by atomic mass is 9.94. The maximum Gasteiger partial charge on any atom is 0.270 e.